The molecule has 2 rings (SSSR count). The first-order valence-corrected chi connectivity index (χ1v) is 8.72. The van der Waals surface area contributed by atoms with Gasteiger partial charge in [0.15, 0.2) is 0 Å². The number of piperidine rings is 1. The van der Waals surface area contributed by atoms with Crippen LogP contribution in [0.4, 0.5) is 0 Å². The summed E-state index contributed by atoms with van der Waals surface area (Å²) in [5.41, 5.74) is 0. The molecule has 2 aliphatic heterocycles. The van der Waals surface area contributed by atoms with Gasteiger partial charge in [-0.15, -0.1) is 0 Å². The molecule has 0 bridgehead atoms. The summed E-state index contributed by atoms with van der Waals surface area (Å²) in [6.45, 7) is 3.20. The zero-order valence-corrected chi connectivity index (χ0v) is 12.5. The Labute approximate surface area is 119 Å². The lowest BCUT2D eigenvalue weighted by Crippen LogP contribution is -2.52. The lowest BCUT2D eigenvalue weighted by molar-refractivity contribution is -0.150. The number of carbonyl (C=O) groups is 1. The van der Waals surface area contributed by atoms with E-state index in [1.807, 2.05) is 4.90 Å². The monoisotopic (exact) mass is 306 g/mol. The second-order valence-corrected chi connectivity index (χ2v) is 7.51. The molecule has 2 saturated heterocycles. The molecule has 0 amide bonds. The van der Waals surface area contributed by atoms with E-state index in [9.17, 15) is 18.3 Å². The highest BCUT2D eigenvalue weighted by atomic mass is 32.2. The summed E-state index contributed by atoms with van der Waals surface area (Å²) in [6.07, 6.45) is 2.81. The molecular weight excluding hydrogens is 284 g/mol. The van der Waals surface area contributed by atoms with Crippen molar-refractivity contribution in [3.63, 3.8) is 0 Å². The van der Waals surface area contributed by atoms with E-state index in [4.69, 9.17) is 4.74 Å². The Kier molecular flexibility index (Phi) is 5.00. The predicted octanol–water partition coefficient (Wildman–Crippen LogP) is -0.557. The van der Waals surface area contributed by atoms with Crippen LogP contribution in [-0.4, -0.2) is 80.4 Å². The quantitative estimate of drug-likeness (QED) is 0.749. The summed E-state index contributed by atoms with van der Waals surface area (Å²) < 4.78 is 29.6. The molecule has 2 heterocycles. The number of ether oxygens (including phenoxy) is 1. The minimum atomic E-state index is -3.10. The Bertz CT molecular complexity index is 445. The standard InChI is InChI=1S/C12H22N2O5S/c1-20(17,18)14-4-2-10(3-5-14)8-13-6-7-19-9-11(13)12(15)16/h10-11H,2-9H2,1H3,(H,15,16)/t11-/m0/s1. The fourth-order valence-corrected chi connectivity index (χ4v) is 3.71. The first-order valence-electron chi connectivity index (χ1n) is 6.87. The zero-order chi connectivity index (χ0) is 14.8. The highest BCUT2D eigenvalue weighted by molar-refractivity contribution is 7.88. The Hall–Kier alpha value is -0.700. The van der Waals surface area contributed by atoms with Crippen molar-refractivity contribution in [2.45, 2.75) is 18.9 Å². The molecule has 0 aromatic rings. The molecule has 20 heavy (non-hydrogen) atoms. The van der Waals surface area contributed by atoms with Gasteiger partial charge in [0, 0.05) is 26.2 Å². The maximum atomic E-state index is 11.4. The van der Waals surface area contributed by atoms with Gasteiger partial charge in [-0.3, -0.25) is 9.69 Å². The average Bonchev–Trinajstić information content (AvgIpc) is 2.38. The highest BCUT2D eigenvalue weighted by Gasteiger charge is 2.32. The second kappa shape index (κ2) is 6.38. The van der Waals surface area contributed by atoms with Gasteiger partial charge in [-0.2, -0.15) is 0 Å². The molecule has 0 aromatic carbocycles. The third kappa shape index (κ3) is 3.91. The SMILES string of the molecule is CS(=O)(=O)N1CCC(CN2CCOC[C@H]2C(=O)O)CC1. The summed E-state index contributed by atoms with van der Waals surface area (Å²) in [6, 6.07) is -0.573. The summed E-state index contributed by atoms with van der Waals surface area (Å²) >= 11 is 0. The zero-order valence-electron chi connectivity index (χ0n) is 11.7. The van der Waals surface area contributed by atoms with Gasteiger partial charge < -0.3 is 9.84 Å². The molecule has 2 aliphatic rings. The summed E-state index contributed by atoms with van der Waals surface area (Å²) in [5, 5.41) is 9.18. The molecule has 0 saturated carbocycles. The third-order valence-electron chi connectivity index (χ3n) is 4.06. The number of hydrogen-bond donors (Lipinski definition) is 1. The van der Waals surface area contributed by atoms with Crippen molar-refractivity contribution in [1.82, 2.24) is 9.21 Å². The Morgan fingerprint density at radius 3 is 2.50 bits per heavy atom. The largest absolute Gasteiger partial charge is 0.480 e. The van der Waals surface area contributed by atoms with Crippen LogP contribution in [0.15, 0.2) is 0 Å². The molecule has 0 aromatic heterocycles. The van der Waals surface area contributed by atoms with Crippen molar-refractivity contribution < 1.29 is 23.1 Å². The second-order valence-electron chi connectivity index (χ2n) is 5.53. The number of morpholine rings is 1. The molecule has 0 aliphatic carbocycles. The molecule has 0 spiro atoms. The molecule has 116 valence electrons. The average molecular weight is 306 g/mol. The van der Waals surface area contributed by atoms with Crippen LogP contribution in [0.5, 0.6) is 0 Å². The van der Waals surface area contributed by atoms with Crippen LogP contribution in [0.25, 0.3) is 0 Å². The van der Waals surface area contributed by atoms with E-state index in [-0.39, 0.29) is 6.61 Å². The Morgan fingerprint density at radius 2 is 1.95 bits per heavy atom. The first kappa shape index (κ1) is 15.7. The van der Waals surface area contributed by atoms with Crippen molar-refractivity contribution in [1.29, 1.82) is 0 Å². The van der Waals surface area contributed by atoms with Gasteiger partial charge in [0.25, 0.3) is 0 Å². The molecule has 2 fully saturated rings. The summed E-state index contributed by atoms with van der Waals surface area (Å²) in [4.78, 5) is 13.1. The van der Waals surface area contributed by atoms with Gasteiger partial charge in [0.2, 0.25) is 10.0 Å². The van der Waals surface area contributed by atoms with Crippen molar-refractivity contribution in [3.8, 4) is 0 Å². The molecule has 7 nitrogen and oxygen atoms in total. The van der Waals surface area contributed by atoms with Crippen LogP contribution in [-0.2, 0) is 19.6 Å². The normalized spacial score (nSPS) is 27.6. The fraction of sp³-hybridized carbons (Fsp3) is 0.917. The van der Waals surface area contributed by atoms with E-state index in [1.54, 1.807) is 0 Å². The van der Waals surface area contributed by atoms with Gasteiger partial charge in [0.05, 0.1) is 19.5 Å². The van der Waals surface area contributed by atoms with Crippen LogP contribution < -0.4 is 0 Å². The van der Waals surface area contributed by atoms with Crippen LogP contribution in [0.3, 0.4) is 0 Å². The maximum Gasteiger partial charge on any atom is 0.323 e. The Morgan fingerprint density at radius 1 is 1.30 bits per heavy atom. The van der Waals surface area contributed by atoms with Crippen LogP contribution in [0.2, 0.25) is 0 Å². The number of rotatable bonds is 4. The van der Waals surface area contributed by atoms with Crippen molar-refractivity contribution in [3.05, 3.63) is 0 Å². The van der Waals surface area contributed by atoms with Crippen molar-refractivity contribution >= 4 is 16.0 Å². The van der Waals surface area contributed by atoms with Gasteiger partial charge in [-0.05, 0) is 18.8 Å². The van der Waals surface area contributed by atoms with Crippen LogP contribution in [0, 0.1) is 5.92 Å². The van der Waals surface area contributed by atoms with Gasteiger partial charge in [0.1, 0.15) is 6.04 Å². The lowest BCUT2D eigenvalue weighted by atomic mass is 9.96. The smallest absolute Gasteiger partial charge is 0.323 e. The van der Waals surface area contributed by atoms with Crippen molar-refractivity contribution in [2.75, 3.05) is 45.6 Å². The lowest BCUT2D eigenvalue weighted by Gasteiger charge is -2.37. The number of aliphatic carboxylic acids is 1. The first-order chi connectivity index (χ1) is 9.38. The number of nitrogens with zero attached hydrogens (tertiary/aromatic N) is 2. The summed E-state index contributed by atoms with van der Waals surface area (Å²) in [5.74, 6) is -0.494. The van der Waals surface area contributed by atoms with Gasteiger partial charge >= 0.3 is 5.97 Å². The molecule has 8 heteroatoms. The molecule has 0 unspecified atom stereocenters. The van der Waals surface area contributed by atoms with E-state index in [1.165, 1.54) is 10.6 Å². The van der Waals surface area contributed by atoms with E-state index in [0.29, 0.717) is 38.7 Å². The predicted molar refractivity (Wildman–Crippen MR) is 73.0 cm³/mol. The number of carboxylic acid groups (broad SMARTS) is 1. The van der Waals surface area contributed by atoms with Gasteiger partial charge in [-0.25, -0.2) is 12.7 Å². The fourth-order valence-electron chi connectivity index (χ4n) is 2.84. The van der Waals surface area contributed by atoms with Gasteiger partial charge in [-0.1, -0.05) is 0 Å². The third-order valence-corrected chi connectivity index (χ3v) is 5.36. The molecular formula is C12H22N2O5S. The molecule has 0 radical (unpaired) electrons. The van der Waals surface area contributed by atoms with Crippen molar-refractivity contribution in [2.24, 2.45) is 5.92 Å². The van der Waals surface area contributed by atoms with E-state index < -0.39 is 22.0 Å². The minimum absolute atomic E-state index is 0.234. The number of hydrogen-bond acceptors (Lipinski definition) is 5. The van der Waals surface area contributed by atoms with E-state index >= 15 is 0 Å². The number of sulfonamides is 1. The Balaban J connectivity index is 1.87. The number of carboxylic acids is 1. The van der Waals surface area contributed by atoms with E-state index in [2.05, 4.69) is 0 Å². The van der Waals surface area contributed by atoms with Crippen LogP contribution >= 0.6 is 0 Å². The highest BCUT2D eigenvalue weighted by Crippen LogP contribution is 2.22. The molecule has 1 atom stereocenters. The minimum Gasteiger partial charge on any atom is -0.480 e. The van der Waals surface area contributed by atoms with Crippen LogP contribution in [0.1, 0.15) is 12.8 Å². The summed E-state index contributed by atoms with van der Waals surface area (Å²) in [7, 11) is -3.10. The maximum absolute atomic E-state index is 11.4. The van der Waals surface area contributed by atoms with E-state index in [0.717, 1.165) is 12.8 Å². The topological polar surface area (TPSA) is 87.2 Å². The molecule has 1 N–H and O–H groups in total.